The second kappa shape index (κ2) is 5.40. The van der Waals surface area contributed by atoms with Gasteiger partial charge in [-0.2, -0.15) is 0 Å². The molecule has 0 saturated heterocycles. The Morgan fingerprint density at radius 3 is 2.78 bits per heavy atom. The van der Waals surface area contributed by atoms with E-state index in [2.05, 4.69) is 9.24 Å². The van der Waals surface area contributed by atoms with E-state index in [4.69, 9.17) is 0 Å². The number of allylic oxidation sites excluding steroid dienone is 9. The lowest BCUT2D eigenvalue weighted by Gasteiger charge is -2.29. The van der Waals surface area contributed by atoms with Gasteiger partial charge in [0, 0.05) is 10.9 Å². The average Bonchev–Trinajstić information content (AvgIpc) is 2.57. The monoisotopic (exact) mass is 317 g/mol. The van der Waals surface area contributed by atoms with Gasteiger partial charge in [0.15, 0.2) is 11.6 Å². The SMILES string of the molecule is O=C1C=CC2=CC=CCC2=C1[C@H]1C(=O)C([PH])=Cc2ccccc21. The number of rotatable bonds is 1. The Bertz CT molecular complexity index is 894. The summed E-state index contributed by atoms with van der Waals surface area (Å²) in [6, 6.07) is 7.77. The van der Waals surface area contributed by atoms with Gasteiger partial charge < -0.3 is 0 Å². The Kier molecular flexibility index (Phi) is 3.36. The molecule has 1 atom stereocenters. The Morgan fingerprint density at radius 2 is 1.91 bits per heavy atom. The number of hydrogen-bond donors (Lipinski definition) is 0. The molecule has 0 saturated carbocycles. The fraction of sp³-hybridized carbons (Fsp3) is 0.100. The Hall–Kier alpha value is -2.31. The lowest BCUT2D eigenvalue weighted by Crippen LogP contribution is -2.26. The van der Waals surface area contributed by atoms with Crippen LogP contribution >= 0.6 is 9.24 Å². The quantitative estimate of drug-likeness (QED) is 0.729. The second-order valence-electron chi connectivity index (χ2n) is 5.83. The van der Waals surface area contributed by atoms with Crippen LogP contribution in [0.2, 0.25) is 0 Å². The summed E-state index contributed by atoms with van der Waals surface area (Å²) < 4.78 is 0. The summed E-state index contributed by atoms with van der Waals surface area (Å²) in [5.41, 5.74) is 4.49. The van der Waals surface area contributed by atoms with Crippen molar-refractivity contribution < 1.29 is 9.59 Å². The normalized spacial score (nSPS) is 22.6. The fourth-order valence-electron chi connectivity index (χ4n) is 3.43. The van der Waals surface area contributed by atoms with Crippen molar-refractivity contribution in [2.24, 2.45) is 0 Å². The van der Waals surface area contributed by atoms with Gasteiger partial charge in [0.25, 0.3) is 0 Å². The second-order valence-corrected chi connectivity index (χ2v) is 6.37. The third-order valence-electron chi connectivity index (χ3n) is 4.51. The van der Waals surface area contributed by atoms with Crippen molar-refractivity contribution in [3.63, 3.8) is 0 Å². The third kappa shape index (κ3) is 2.22. The molecule has 0 N–H and O–H groups in total. The zero-order chi connectivity index (χ0) is 16.0. The lowest BCUT2D eigenvalue weighted by atomic mass is 9.74. The van der Waals surface area contributed by atoms with E-state index >= 15 is 0 Å². The predicted molar refractivity (Wildman–Crippen MR) is 93.5 cm³/mol. The van der Waals surface area contributed by atoms with E-state index in [1.165, 1.54) is 0 Å². The van der Waals surface area contributed by atoms with E-state index in [9.17, 15) is 9.59 Å². The zero-order valence-corrected chi connectivity index (χ0v) is 13.4. The van der Waals surface area contributed by atoms with E-state index in [1.807, 2.05) is 54.6 Å². The summed E-state index contributed by atoms with van der Waals surface area (Å²) in [5.74, 6) is -0.659. The van der Waals surface area contributed by atoms with Crippen molar-refractivity contribution in [1.29, 1.82) is 0 Å². The summed E-state index contributed by atoms with van der Waals surface area (Å²) in [4.78, 5) is 25.5. The number of carbonyl (C=O) groups is 2. The van der Waals surface area contributed by atoms with Gasteiger partial charge in [-0.05, 0) is 40.8 Å². The highest BCUT2D eigenvalue weighted by Crippen LogP contribution is 2.42. The molecule has 0 aromatic heterocycles. The topological polar surface area (TPSA) is 34.1 Å². The number of benzene rings is 1. The van der Waals surface area contributed by atoms with Crippen molar-refractivity contribution >= 4 is 26.9 Å². The van der Waals surface area contributed by atoms with Crippen molar-refractivity contribution in [2.75, 3.05) is 0 Å². The van der Waals surface area contributed by atoms with Crippen LogP contribution in [0.4, 0.5) is 0 Å². The van der Waals surface area contributed by atoms with Crippen LogP contribution in [-0.4, -0.2) is 11.6 Å². The molecule has 3 aliphatic rings. The van der Waals surface area contributed by atoms with Gasteiger partial charge in [-0.25, -0.2) is 0 Å². The molecule has 0 amide bonds. The van der Waals surface area contributed by atoms with Gasteiger partial charge in [-0.1, -0.05) is 57.8 Å². The Balaban J connectivity index is 1.96. The van der Waals surface area contributed by atoms with E-state index in [0.29, 0.717) is 17.3 Å². The molecule has 0 fully saturated rings. The molecular formula is C20H14O2P. The molecule has 1 aromatic rings. The number of hydrogen-bond acceptors (Lipinski definition) is 2. The molecule has 0 spiro atoms. The highest BCUT2D eigenvalue weighted by atomic mass is 31.0. The maximum Gasteiger partial charge on any atom is 0.183 e. The van der Waals surface area contributed by atoms with Crippen molar-refractivity contribution in [2.45, 2.75) is 12.3 Å². The summed E-state index contributed by atoms with van der Waals surface area (Å²) in [6.07, 6.45) is 11.9. The third-order valence-corrected chi connectivity index (χ3v) is 4.90. The van der Waals surface area contributed by atoms with Crippen molar-refractivity contribution in [3.05, 3.63) is 87.8 Å². The first-order valence-electron chi connectivity index (χ1n) is 7.56. The van der Waals surface area contributed by atoms with Crippen LogP contribution in [0, 0.1) is 0 Å². The minimum Gasteiger partial charge on any atom is -0.293 e. The van der Waals surface area contributed by atoms with E-state index in [-0.39, 0.29) is 11.6 Å². The average molecular weight is 317 g/mol. The van der Waals surface area contributed by atoms with Gasteiger partial charge in [0.05, 0.1) is 5.92 Å². The fourth-order valence-corrected chi connectivity index (χ4v) is 3.73. The number of fused-ring (bicyclic) bond motifs is 2. The molecule has 3 aliphatic carbocycles. The van der Waals surface area contributed by atoms with Crippen LogP contribution in [0.3, 0.4) is 0 Å². The molecule has 0 bridgehead atoms. The van der Waals surface area contributed by atoms with Gasteiger partial charge in [0.1, 0.15) is 0 Å². The molecule has 1 radical (unpaired) electrons. The first-order chi connectivity index (χ1) is 11.2. The van der Waals surface area contributed by atoms with Gasteiger partial charge in [-0.15, -0.1) is 0 Å². The van der Waals surface area contributed by atoms with E-state index in [0.717, 1.165) is 22.3 Å². The molecule has 4 rings (SSSR count). The standard InChI is InChI=1S/C20H14O2P/c21-16-10-9-12-5-1-3-7-14(12)18(16)19-15-8-4-2-6-13(15)11-17(23)20(19)22/h1-6,8-11,19,23H,7H2/t19-/m0/s1. The largest absolute Gasteiger partial charge is 0.293 e. The minimum atomic E-state index is -0.536. The molecule has 23 heavy (non-hydrogen) atoms. The predicted octanol–water partition coefficient (Wildman–Crippen LogP) is 4.16. The minimum absolute atomic E-state index is 0.0552. The van der Waals surface area contributed by atoms with E-state index < -0.39 is 5.92 Å². The summed E-state index contributed by atoms with van der Waals surface area (Å²) in [5, 5.41) is 0.515. The summed E-state index contributed by atoms with van der Waals surface area (Å²) in [6.45, 7) is 0. The maximum absolute atomic E-state index is 12.8. The maximum atomic E-state index is 12.8. The van der Waals surface area contributed by atoms with Crippen LogP contribution < -0.4 is 0 Å². The van der Waals surface area contributed by atoms with Crippen LogP contribution in [0.5, 0.6) is 0 Å². The van der Waals surface area contributed by atoms with Gasteiger partial charge >= 0.3 is 0 Å². The lowest BCUT2D eigenvalue weighted by molar-refractivity contribution is -0.118. The number of carbonyl (C=O) groups excluding carboxylic acids is 2. The van der Waals surface area contributed by atoms with Crippen LogP contribution in [0.25, 0.3) is 6.08 Å². The summed E-state index contributed by atoms with van der Waals surface area (Å²) in [7, 11) is 3.43. The van der Waals surface area contributed by atoms with E-state index in [1.54, 1.807) is 6.08 Å². The molecule has 2 nitrogen and oxygen atoms in total. The first kappa shape index (κ1) is 14.3. The Labute approximate surface area is 137 Å². The van der Waals surface area contributed by atoms with Crippen LogP contribution in [0.15, 0.2) is 76.7 Å². The smallest absolute Gasteiger partial charge is 0.183 e. The zero-order valence-electron chi connectivity index (χ0n) is 12.4. The highest BCUT2D eigenvalue weighted by Gasteiger charge is 2.36. The van der Waals surface area contributed by atoms with Crippen molar-refractivity contribution in [3.8, 4) is 0 Å². The molecule has 3 heteroatoms. The van der Waals surface area contributed by atoms with Gasteiger partial charge in [-0.3, -0.25) is 9.59 Å². The number of ketones is 2. The molecular weight excluding hydrogens is 303 g/mol. The van der Waals surface area contributed by atoms with Crippen molar-refractivity contribution in [1.82, 2.24) is 0 Å². The molecule has 1 aromatic carbocycles. The number of Topliss-reactive ketones (excluding diaryl/α,β-unsaturated/α-hetero) is 1. The molecule has 0 heterocycles. The molecule has 0 unspecified atom stereocenters. The van der Waals surface area contributed by atoms with Gasteiger partial charge in [0.2, 0.25) is 0 Å². The Morgan fingerprint density at radius 1 is 1.09 bits per heavy atom. The highest BCUT2D eigenvalue weighted by molar-refractivity contribution is 7.25. The van der Waals surface area contributed by atoms with Crippen LogP contribution in [-0.2, 0) is 9.59 Å². The first-order valence-corrected chi connectivity index (χ1v) is 8.06. The molecule has 111 valence electrons. The van der Waals surface area contributed by atoms with Crippen LogP contribution in [0.1, 0.15) is 23.5 Å². The molecule has 0 aliphatic heterocycles. The summed E-state index contributed by atoms with van der Waals surface area (Å²) >= 11 is 0.